The van der Waals surface area contributed by atoms with E-state index in [9.17, 15) is 8.96 Å². The van der Waals surface area contributed by atoms with E-state index >= 15 is 0 Å². The topological polar surface area (TPSA) is 95.8 Å². The van der Waals surface area contributed by atoms with E-state index in [0.29, 0.717) is 17.9 Å². The summed E-state index contributed by atoms with van der Waals surface area (Å²) in [7, 11) is -3.94. The monoisotopic (exact) mass is 397 g/mol. The molecule has 148 valence electrons. The summed E-state index contributed by atoms with van der Waals surface area (Å²) >= 11 is 0. The predicted molar refractivity (Wildman–Crippen MR) is 102 cm³/mol. The van der Waals surface area contributed by atoms with E-state index in [1.54, 1.807) is 6.07 Å². The normalized spacial score (nSPS) is 16.3. The lowest BCUT2D eigenvalue weighted by Gasteiger charge is -2.33. The molecule has 0 aliphatic carbocycles. The molecule has 1 fully saturated rings. The third kappa shape index (κ3) is 4.94. The summed E-state index contributed by atoms with van der Waals surface area (Å²) in [6, 6.07) is 3.05. The van der Waals surface area contributed by atoms with Crippen LogP contribution in [-0.2, 0) is 4.57 Å². The number of hydrogen-bond acceptors (Lipinski definition) is 5. The van der Waals surface area contributed by atoms with Crippen molar-refractivity contribution in [1.29, 1.82) is 0 Å². The fourth-order valence-electron chi connectivity index (χ4n) is 3.45. The smallest absolute Gasteiger partial charge is 0.325 e. The number of rotatable bonds is 6. The van der Waals surface area contributed by atoms with E-state index in [-0.39, 0.29) is 18.0 Å². The first-order valence-electron chi connectivity index (χ1n) is 9.14. The highest BCUT2D eigenvalue weighted by atomic mass is 31.2. The first-order chi connectivity index (χ1) is 12.7. The van der Waals surface area contributed by atoms with Gasteiger partial charge < -0.3 is 19.4 Å². The molecular formula is C18H25FN3O4P. The van der Waals surface area contributed by atoms with E-state index in [1.807, 2.05) is 13.8 Å². The predicted octanol–water partition coefficient (Wildman–Crippen LogP) is 3.34. The van der Waals surface area contributed by atoms with Crippen molar-refractivity contribution in [2.75, 3.05) is 24.2 Å². The summed E-state index contributed by atoms with van der Waals surface area (Å²) in [4.78, 5) is 28.9. The molecule has 9 heteroatoms. The Kier molecular flexibility index (Phi) is 5.99. The second-order valence-corrected chi connectivity index (χ2v) is 9.02. The highest BCUT2D eigenvalue weighted by Gasteiger charge is 2.25. The Hall–Kier alpha value is -1.76. The van der Waals surface area contributed by atoms with E-state index in [4.69, 9.17) is 14.5 Å². The first kappa shape index (κ1) is 20.0. The average molecular weight is 397 g/mol. The molecule has 2 aromatic rings. The minimum Gasteiger partial charge on any atom is -0.486 e. The summed E-state index contributed by atoms with van der Waals surface area (Å²) in [5.41, 5.74) is 0.456. The summed E-state index contributed by atoms with van der Waals surface area (Å²) < 4.78 is 30.9. The molecule has 1 saturated heterocycles. The number of aromatic nitrogens is 2. The van der Waals surface area contributed by atoms with Gasteiger partial charge in [0, 0.05) is 18.5 Å². The molecule has 0 spiro atoms. The van der Waals surface area contributed by atoms with Crippen LogP contribution in [0.25, 0.3) is 10.9 Å². The van der Waals surface area contributed by atoms with Crippen molar-refractivity contribution in [2.45, 2.75) is 39.2 Å². The Balaban J connectivity index is 1.79. The maximum atomic E-state index is 14.2. The van der Waals surface area contributed by atoms with E-state index < -0.39 is 13.4 Å². The zero-order valence-electron chi connectivity index (χ0n) is 15.5. The molecule has 2 N–H and O–H groups in total. The Morgan fingerprint density at radius 2 is 2.00 bits per heavy atom. The van der Waals surface area contributed by atoms with Crippen LogP contribution < -0.4 is 9.64 Å². The average Bonchev–Trinajstić information content (AvgIpc) is 2.61. The van der Waals surface area contributed by atoms with Crippen molar-refractivity contribution in [3.63, 3.8) is 0 Å². The number of anilines is 1. The van der Waals surface area contributed by atoms with E-state index in [2.05, 4.69) is 14.9 Å². The summed E-state index contributed by atoms with van der Waals surface area (Å²) in [6.07, 6.45) is 3.38. The molecule has 0 bridgehead atoms. The maximum Gasteiger partial charge on any atom is 0.325 e. The van der Waals surface area contributed by atoms with Crippen LogP contribution in [0.2, 0.25) is 0 Å². The molecule has 0 saturated carbocycles. The largest absolute Gasteiger partial charge is 0.486 e. The lowest BCUT2D eigenvalue weighted by Crippen LogP contribution is -2.34. The molecule has 1 aromatic carbocycles. The third-order valence-electron chi connectivity index (χ3n) is 4.79. The van der Waals surface area contributed by atoms with Gasteiger partial charge in [-0.3, -0.25) is 4.57 Å². The van der Waals surface area contributed by atoms with Gasteiger partial charge in [-0.05, 0) is 51.2 Å². The van der Waals surface area contributed by atoms with Gasteiger partial charge in [0.05, 0.1) is 12.3 Å². The van der Waals surface area contributed by atoms with Crippen molar-refractivity contribution in [2.24, 2.45) is 5.92 Å². The number of benzene rings is 1. The van der Waals surface area contributed by atoms with Crippen LogP contribution in [0.1, 0.15) is 33.1 Å². The molecule has 0 radical (unpaired) electrons. The first-order valence-corrected chi connectivity index (χ1v) is 10.9. The maximum absolute atomic E-state index is 14.2. The molecule has 1 aliphatic rings. The Labute approximate surface area is 157 Å². The van der Waals surface area contributed by atoms with Gasteiger partial charge in [-0.25, -0.2) is 14.4 Å². The van der Waals surface area contributed by atoms with Crippen LogP contribution in [0.15, 0.2) is 18.5 Å². The van der Waals surface area contributed by atoms with Crippen LogP contribution in [0.5, 0.6) is 5.75 Å². The van der Waals surface area contributed by atoms with Gasteiger partial charge in [-0.1, -0.05) is 0 Å². The fourth-order valence-corrected chi connectivity index (χ4v) is 4.15. The summed E-state index contributed by atoms with van der Waals surface area (Å²) in [5, 5.41) is 0.739. The molecule has 0 unspecified atom stereocenters. The summed E-state index contributed by atoms with van der Waals surface area (Å²) in [6.45, 7) is 5.14. The van der Waals surface area contributed by atoms with Crippen LogP contribution in [0, 0.1) is 11.7 Å². The third-order valence-corrected chi connectivity index (χ3v) is 5.63. The molecule has 1 aromatic heterocycles. The molecule has 7 nitrogen and oxygen atoms in total. The van der Waals surface area contributed by atoms with Crippen LogP contribution in [0.4, 0.5) is 10.2 Å². The minimum absolute atomic E-state index is 0.0662. The molecule has 1 aliphatic heterocycles. The standard InChI is InChI=1S/C18H25FN3O4P/c1-12(2)26-17-15(19)4-3-14-16(17)20-11-21-18(14)22-8-5-13(6-9-22)7-10-27(23,24)25/h3-4,11-13H,5-10H2,1-2H3,(H2,23,24,25). The SMILES string of the molecule is CC(C)Oc1c(F)ccc2c(N3CCC(CCP(=O)(O)O)CC3)ncnc12. The van der Waals surface area contributed by atoms with Crippen LogP contribution in [0.3, 0.4) is 0 Å². The van der Waals surface area contributed by atoms with Gasteiger partial charge >= 0.3 is 7.60 Å². The molecule has 0 atom stereocenters. The van der Waals surface area contributed by atoms with Gasteiger partial charge in [0.2, 0.25) is 0 Å². The molecule has 2 heterocycles. The Morgan fingerprint density at radius 3 is 2.63 bits per heavy atom. The molecule has 0 amide bonds. The van der Waals surface area contributed by atoms with Gasteiger partial charge in [0.15, 0.2) is 11.6 Å². The van der Waals surface area contributed by atoms with Gasteiger partial charge in [0.25, 0.3) is 0 Å². The van der Waals surface area contributed by atoms with Crippen molar-refractivity contribution in [3.8, 4) is 5.75 Å². The number of piperidine rings is 1. The zero-order valence-corrected chi connectivity index (χ0v) is 16.4. The lowest BCUT2D eigenvalue weighted by atomic mass is 9.94. The van der Waals surface area contributed by atoms with Gasteiger partial charge in [-0.15, -0.1) is 0 Å². The van der Waals surface area contributed by atoms with Crippen molar-refractivity contribution in [1.82, 2.24) is 9.97 Å². The number of hydrogen-bond donors (Lipinski definition) is 2. The summed E-state index contributed by atoms with van der Waals surface area (Å²) in [5.74, 6) is 0.723. The molecular weight excluding hydrogens is 372 g/mol. The Morgan fingerprint density at radius 1 is 1.30 bits per heavy atom. The Bertz CT molecular complexity index is 850. The highest BCUT2D eigenvalue weighted by molar-refractivity contribution is 7.51. The van der Waals surface area contributed by atoms with Crippen molar-refractivity contribution >= 4 is 24.3 Å². The van der Waals surface area contributed by atoms with Crippen LogP contribution in [-0.4, -0.2) is 45.1 Å². The molecule has 3 rings (SSSR count). The number of halogens is 1. The van der Waals surface area contributed by atoms with Gasteiger partial charge in [-0.2, -0.15) is 0 Å². The lowest BCUT2D eigenvalue weighted by molar-refractivity contribution is 0.234. The number of fused-ring (bicyclic) bond motifs is 1. The fraction of sp³-hybridized carbons (Fsp3) is 0.556. The van der Waals surface area contributed by atoms with E-state index in [0.717, 1.165) is 37.1 Å². The van der Waals surface area contributed by atoms with Crippen molar-refractivity contribution in [3.05, 3.63) is 24.3 Å². The van der Waals surface area contributed by atoms with E-state index in [1.165, 1.54) is 12.4 Å². The second-order valence-electron chi connectivity index (χ2n) is 7.24. The van der Waals surface area contributed by atoms with Gasteiger partial charge in [0.1, 0.15) is 17.7 Å². The van der Waals surface area contributed by atoms with Crippen molar-refractivity contribution < 1.29 is 23.5 Å². The number of nitrogens with zero attached hydrogens (tertiary/aromatic N) is 3. The highest BCUT2D eigenvalue weighted by Crippen LogP contribution is 2.38. The molecule has 27 heavy (non-hydrogen) atoms. The zero-order chi connectivity index (χ0) is 19.6. The second kappa shape index (κ2) is 8.09. The quantitative estimate of drug-likeness (QED) is 0.722. The minimum atomic E-state index is -3.94. The number of ether oxygens (including phenoxy) is 1. The van der Waals surface area contributed by atoms with Crippen LogP contribution >= 0.6 is 7.60 Å².